The van der Waals surface area contributed by atoms with Crippen molar-refractivity contribution in [2.45, 2.75) is 19.5 Å². The summed E-state index contributed by atoms with van der Waals surface area (Å²) in [7, 11) is 5.90. The smallest absolute Gasteiger partial charge is 0.146 e. The minimum Gasteiger partial charge on any atom is -0.318 e. The summed E-state index contributed by atoms with van der Waals surface area (Å²) >= 11 is 0. The molecule has 8 heteroatoms. The van der Waals surface area contributed by atoms with E-state index in [0.717, 1.165) is 13.2 Å². The van der Waals surface area contributed by atoms with E-state index < -0.39 is 0 Å². The molecule has 1 fully saturated rings. The van der Waals surface area contributed by atoms with Crippen molar-refractivity contribution < 1.29 is 0 Å². The van der Waals surface area contributed by atoms with E-state index in [1.54, 1.807) is 0 Å². The van der Waals surface area contributed by atoms with Gasteiger partial charge in [-0.3, -0.25) is 19.6 Å². The third kappa shape index (κ3) is 2.86. The molecule has 2 N–H and O–H groups in total. The van der Waals surface area contributed by atoms with Crippen LogP contribution in [-0.4, -0.2) is 73.2 Å². The van der Waals surface area contributed by atoms with Gasteiger partial charge in [-0.2, -0.15) is 0 Å². The molecule has 0 saturated carbocycles. The van der Waals surface area contributed by atoms with Crippen LogP contribution in [0.4, 0.5) is 0 Å². The van der Waals surface area contributed by atoms with Crippen LogP contribution in [0, 0.1) is 0 Å². The van der Waals surface area contributed by atoms with Crippen molar-refractivity contribution in [3.8, 4) is 0 Å². The summed E-state index contributed by atoms with van der Waals surface area (Å²) in [4.78, 5) is 11.2. The van der Waals surface area contributed by atoms with E-state index >= 15 is 0 Å². The summed E-state index contributed by atoms with van der Waals surface area (Å²) in [5.74, 6) is 0. The van der Waals surface area contributed by atoms with Crippen LogP contribution in [-0.2, 0) is 0 Å². The highest BCUT2D eigenvalue weighted by molar-refractivity contribution is 4.79. The SMILES string of the molecule is CCN(CN)C1N(C)CN(C)C(N=[N+]=[N-])N1C. The van der Waals surface area contributed by atoms with Crippen LogP contribution in [0.15, 0.2) is 5.11 Å². The predicted molar refractivity (Wildman–Crippen MR) is 66.3 cm³/mol. The summed E-state index contributed by atoms with van der Waals surface area (Å²) in [5, 5.41) is 3.82. The van der Waals surface area contributed by atoms with Gasteiger partial charge in [0.2, 0.25) is 0 Å². The molecule has 0 aromatic carbocycles. The van der Waals surface area contributed by atoms with Crippen molar-refractivity contribution >= 4 is 0 Å². The Balaban J connectivity index is 2.92. The van der Waals surface area contributed by atoms with Crippen LogP contribution in [0.2, 0.25) is 0 Å². The van der Waals surface area contributed by atoms with Crippen LogP contribution in [0.25, 0.3) is 10.4 Å². The van der Waals surface area contributed by atoms with Gasteiger partial charge in [-0.25, -0.2) is 0 Å². The molecule has 0 bridgehead atoms. The summed E-state index contributed by atoms with van der Waals surface area (Å²) in [6.07, 6.45) is -0.224. The number of azide groups is 1. The molecular weight excluding hydrogens is 220 g/mol. The van der Waals surface area contributed by atoms with Gasteiger partial charge in [0.05, 0.1) is 6.67 Å². The summed E-state index contributed by atoms with van der Waals surface area (Å²) in [6.45, 7) is 4.12. The van der Waals surface area contributed by atoms with Crippen molar-refractivity contribution in [1.82, 2.24) is 19.6 Å². The first-order valence-corrected chi connectivity index (χ1v) is 5.67. The molecule has 0 aromatic heterocycles. The molecule has 0 spiro atoms. The van der Waals surface area contributed by atoms with E-state index in [1.165, 1.54) is 0 Å². The van der Waals surface area contributed by atoms with Crippen molar-refractivity contribution in [3.63, 3.8) is 0 Å². The second-order valence-corrected chi connectivity index (χ2v) is 4.31. The Bertz CT molecular complexity index is 285. The number of nitrogens with two attached hydrogens (primary N) is 1. The topological polar surface area (TPSA) is 87.7 Å². The Morgan fingerprint density at radius 3 is 2.53 bits per heavy atom. The fraction of sp³-hybridized carbons (Fsp3) is 1.00. The third-order valence-corrected chi connectivity index (χ3v) is 3.09. The Labute approximate surface area is 102 Å². The zero-order chi connectivity index (χ0) is 13.0. The van der Waals surface area contributed by atoms with Gasteiger partial charge in [-0.1, -0.05) is 12.0 Å². The maximum Gasteiger partial charge on any atom is 0.146 e. The van der Waals surface area contributed by atoms with E-state index in [4.69, 9.17) is 11.3 Å². The van der Waals surface area contributed by atoms with Gasteiger partial charge < -0.3 is 5.73 Å². The molecule has 1 aliphatic heterocycles. The molecule has 1 saturated heterocycles. The molecule has 0 aromatic rings. The highest BCUT2D eigenvalue weighted by Gasteiger charge is 2.36. The molecule has 17 heavy (non-hydrogen) atoms. The molecule has 1 rings (SSSR count). The van der Waals surface area contributed by atoms with E-state index in [0.29, 0.717) is 6.67 Å². The van der Waals surface area contributed by atoms with E-state index in [1.807, 2.05) is 30.9 Å². The highest BCUT2D eigenvalue weighted by Crippen LogP contribution is 2.19. The maximum atomic E-state index is 8.61. The second kappa shape index (κ2) is 6.15. The van der Waals surface area contributed by atoms with Crippen molar-refractivity contribution in [2.24, 2.45) is 10.8 Å². The van der Waals surface area contributed by atoms with Crippen LogP contribution in [0.5, 0.6) is 0 Å². The van der Waals surface area contributed by atoms with Crippen LogP contribution >= 0.6 is 0 Å². The number of nitrogens with zero attached hydrogens (tertiary/aromatic N) is 7. The van der Waals surface area contributed by atoms with E-state index in [-0.39, 0.29) is 12.6 Å². The molecule has 2 unspecified atom stereocenters. The van der Waals surface area contributed by atoms with Gasteiger partial charge in [0.1, 0.15) is 12.6 Å². The largest absolute Gasteiger partial charge is 0.318 e. The van der Waals surface area contributed by atoms with Gasteiger partial charge >= 0.3 is 0 Å². The normalized spacial score (nSPS) is 28.4. The van der Waals surface area contributed by atoms with Crippen LogP contribution in [0.1, 0.15) is 6.92 Å². The molecule has 0 aliphatic carbocycles. The monoisotopic (exact) mass is 242 g/mol. The third-order valence-electron chi connectivity index (χ3n) is 3.09. The van der Waals surface area contributed by atoms with Gasteiger partial charge in [-0.15, -0.1) is 0 Å². The van der Waals surface area contributed by atoms with E-state index in [9.17, 15) is 0 Å². The molecule has 1 aliphatic rings. The quantitative estimate of drug-likeness (QED) is 0.321. The highest BCUT2D eigenvalue weighted by atomic mass is 15.6. The molecular formula is C9H22N8. The first kappa shape index (κ1) is 14.2. The molecule has 1 heterocycles. The number of rotatable bonds is 4. The lowest BCUT2D eigenvalue weighted by Crippen LogP contribution is -2.68. The Morgan fingerprint density at radius 1 is 1.41 bits per heavy atom. The van der Waals surface area contributed by atoms with Gasteiger partial charge in [0, 0.05) is 11.6 Å². The molecule has 8 nitrogen and oxygen atoms in total. The maximum absolute atomic E-state index is 8.61. The lowest BCUT2D eigenvalue weighted by atomic mass is 10.4. The predicted octanol–water partition coefficient (Wildman–Crippen LogP) is -0.131. The first-order valence-electron chi connectivity index (χ1n) is 5.67. The Kier molecular flexibility index (Phi) is 5.13. The van der Waals surface area contributed by atoms with Crippen molar-refractivity contribution in [3.05, 3.63) is 10.4 Å². The molecule has 2 atom stereocenters. The first-order chi connectivity index (χ1) is 8.06. The summed E-state index contributed by atoms with van der Waals surface area (Å²) < 4.78 is 0. The molecule has 0 radical (unpaired) electrons. The Morgan fingerprint density at radius 2 is 2.06 bits per heavy atom. The van der Waals surface area contributed by atoms with Crippen molar-refractivity contribution in [2.75, 3.05) is 41.0 Å². The summed E-state index contributed by atoms with van der Waals surface area (Å²) in [6, 6.07) is 0. The fourth-order valence-corrected chi connectivity index (χ4v) is 2.38. The van der Waals surface area contributed by atoms with Gasteiger partial charge in [0.15, 0.2) is 0 Å². The average molecular weight is 242 g/mol. The van der Waals surface area contributed by atoms with Gasteiger partial charge in [0.25, 0.3) is 0 Å². The lowest BCUT2D eigenvalue weighted by molar-refractivity contribution is -0.157. The fourth-order valence-electron chi connectivity index (χ4n) is 2.38. The minimum atomic E-state index is -0.276. The standard InChI is InChI=1S/C9H22N8/c1-5-17(6-10)9-15(3)7-14(2)8(12-13-11)16(9)4/h8-9H,5-7,10H2,1-4H3. The number of hydrogen-bond donors (Lipinski definition) is 1. The zero-order valence-corrected chi connectivity index (χ0v) is 11.0. The van der Waals surface area contributed by atoms with Crippen LogP contribution < -0.4 is 5.73 Å². The lowest BCUT2D eigenvalue weighted by Gasteiger charge is -2.51. The van der Waals surface area contributed by atoms with E-state index in [2.05, 4.69) is 26.7 Å². The minimum absolute atomic E-state index is 0.0525. The average Bonchev–Trinajstić information content (AvgIpc) is 2.29. The van der Waals surface area contributed by atoms with Gasteiger partial charge in [-0.05, 0) is 33.2 Å². The number of hydrogen-bond acceptors (Lipinski definition) is 6. The molecule has 98 valence electrons. The Hall–Kier alpha value is -0.890. The van der Waals surface area contributed by atoms with Crippen LogP contribution in [0.3, 0.4) is 0 Å². The van der Waals surface area contributed by atoms with Crippen molar-refractivity contribution in [1.29, 1.82) is 0 Å². The molecule has 0 amide bonds. The summed E-state index contributed by atoms with van der Waals surface area (Å²) in [5.41, 5.74) is 14.4. The zero-order valence-electron chi connectivity index (χ0n) is 11.0. The second-order valence-electron chi connectivity index (χ2n) is 4.31.